The number of aryl methyl sites for hydroxylation is 1. The highest BCUT2D eigenvalue weighted by molar-refractivity contribution is 5.92. The van der Waals surface area contributed by atoms with E-state index in [0.717, 1.165) is 19.3 Å². The summed E-state index contributed by atoms with van der Waals surface area (Å²) in [5, 5.41) is 14.5. The minimum atomic E-state index is -0.274. The van der Waals surface area contributed by atoms with E-state index >= 15 is 0 Å². The minimum absolute atomic E-state index is 0.0340. The first-order valence-electron chi connectivity index (χ1n) is 7.51. The summed E-state index contributed by atoms with van der Waals surface area (Å²) < 4.78 is 2.63. The van der Waals surface area contributed by atoms with Gasteiger partial charge in [0.1, 0.15) is 6.54 Å². The molecule has 3 N–H and O–H groups in total. The summed E-state index contributed by atoms with van der Waals surface area (Å²) >= 11 is 0. The van der Waals surface area contributed by atoms with E-state index in [1.165, 1.54) is 15.6 Å². The summed E-state index contributed by atoms with van der Waals surface area (Å²) in [4.78, 5) is 24.1. The fourth-order valence-electron chi connectivity index (χ4n) is 2.43. The third-order valence-electron chi connectivity index (χ3n) is 4.15. The maximum atomic E-state index is 12.3. The highest BCUT2D eigenvalue weighted by atomic mass is 16.2. The first-order chi connectivity index (χ1) is 11.0. The van der Waals surface area contributed by atoms with Crippen LogP contribution in [0.2, 0.25) is 0 Å². The number of nitrogens with two attached hydrogens (primary N) is 1. The molecule has 1 aliphatic rings. The minimum Gasteiger partial charge on any atom is -0.396 e. The van der Waals surface area contributed by atoms with E-state index < -0.39 is 0 Å². The van der Waals surface area contributed by atoms with E-state index in [-0.39, 0.29) is 24.3 Å². The van der Waals surface area contributed by atoms with Crippen LogP contribution in [0, 0.1) is 19.8 Å². The summed E-state index contributed by atoms with van der Waals surface area (Å²) in [6.45, 7) is 3.45. The van der Waals surface area contributed by atoms with E-state index in [9.17, 15) is 9.59 Å². The molecule has 0 atom stereocenters. The van der Waals surface area contributed by atoms with Crippen molar-refractivity contribution in [3.05, 3.63) is 17.6 Å². The highest BCUT2D eigenvalue weighted by Crippen LogP contribution is 2.27. The van der Waals surface area contributed by atoms with Gasteiger partial charge in [-0.3, -0.25) is 9.59 Å². The average molecular weight is 317 g/mol. The lowest BCUT2D eigenvalue weighted by molar-refractivity contribution is -0.122. The van der Waals surface area contributed by atoms with E-state index in [1.54, 1.807) is 13.8 Å². The van der Waals surface area contributed by atoms with Gasteiger partial charge in [0.2, 0.25) is 5.91 Å². The fourth-order valence-corrected chi connectivity index (χ4v) is 2.43. The molecule has 1 saturated carbocycles. The van der Waals surface area contributed by atoms with Crippen LogP contribution in [0.3, 0.4) is 0 Å². The van der Waals surface area contributed by atoms with Crippen molar-refractivity contribution in [2.75, 3.05) is 11.1 Å². The van der Waals surface area contributed by atoms with E-state index in [4.69, 9.17) is 5.73 Å². The molecular formula is C14H19N7O2. The number of carbonyl (C=O) groups is 2. The Kier molecular flexibility index (Phi) is 3.85. The molecule has 2 aromatic rings. The molecule has 0 aromatic carbocycles. The zero-order chi connectivity index (χ0) is 16.6. The molecule has 0 spiro atoms. The van der Waals surface area contributed by atoms with Crippen LogP contribution in [-0.2, 0) is 11.3 Å². The Morgan fingerprint density at radius 1 is 1.39 bits per heavy atom. The van der Waals surface area contributed by atoms with E-state index in [2.05, 4.69) is 20.7 Å². The molecule has 0 aliphatic heterocycles. The summed E-state index contributed by atoms with van der Waals surface area (Å²) in [5.74, 6) is 0.104. The van der Waals surface area contributed by atoms with Crippen molar-refractivity contribution in [2.24, 2.45) is 5.92 Å². The highest BCUT2D eigenvalue weighted by Gasteiger charge is 2.25. The number of nitrogens with one attached hydrogen (secondary N) is 1. The smallest absolute Gasteiger partial charge is 0.268 e. The van der Waals surface area contributed by atoms with Crippen molar-refractivity contribution < 1.29 is 9.59 Å². The number of nitrogens with zero attached hydrogens (tertiary/aromatic N) is 5. The Labute approximate surface area is 132 Å². The molecule has 0 saturated heterocycles. The molecule has 3 rings (SSSR count). The molecule has 1 amide bonds. The Hall–Kier alpha value is -2.71. The Morgan fingerprint density at radius 2 is 2.13 bits per heavy atom. The van der Waals surface area contributed by atoms with Gasteiger partial charge in [-0.25, -0.2) is 9.36 Å². The molecule has 9 heteroatoms. The average Bonchev–Trinajstić information content (AvgIpc) is 2.97. The quantitative estimate of drug-likeness (QED) is 0.858. The van der Waals surface area contributed by atoms with Crippen molar-refractivity contribution in [3.63, 3.8) is 0 Å². The van der Waals surface area contributed by atoms with Gasteiger partial charge in [0.15, 0.2) is 5.82 Å². The number of aromatic nitrogens is 5. The molecule has 1 fully saturated rings. The standard InChI is InChI=1S/C14H19N7O2/c1-8-13(15)9(2)21(18-8)12(22)7-20-6-11(17-19-20)16-14(23)10-4-3-5-10/h6,10H,3-5,7,15H2,1-2H3,(H,16,23). The third kappa shape index (κ3) is 2.94. The summed E-state index contributed by atoms with van der Waals surface area (Å²) in [7, 11) is 0. The second-order valence-corrected chi connectivity index (χ2v) is 5.81. The molecule has 2 aromatic heterocycles. The maximum Gasteiger partial charge on any atom is 0.268 e. The number of hydrogen-bond acceptors (Lipinski definition) is 6. The van der Waals surface area contributed by atoms with Crippen LogP contribution in [0.4, 0.5) is 11.5 Å². The van der Waals surface area contributed by atoms with Crippen LogP contribution in [-0.4, -0.2) is 36.6 Å². The van der Waals surface area contributed by atoms with Gasteiger partial charge >= 0.3 is 0 Å². The lowest BCUT2D eigenvalue weighted by Crippen LogP contribution is -2.28. The maximum absolute atomic E-state index is 12.3. The van der Waals surface area contributed by atoms with Crippen molar-refractivity contribution in [2.45, 2.75) is 39.7 Å². The Morgan fingerprint density at radius 3 is 2.70 bits per heavy atom. The summed E-state index contributed by atoms with van der Waals surface area (Å²) in [6.07, 6.45) is 4.45. The Bertz CT molecular complexity index is 757. The lowest BCUT2D eigenvalue weighted by Gasteiger charge is -2.23. The number of carbonyl (C=O) groups excluding carboxylic acids is 2. The van der Waals surface area contributed by atoms with Gasteiger partial charge in [-0.15, -0.1) is 5.10 Å². The molecule has 0 radical (unpaired) electrons. The van der Waals surface area contributed by atoms with E-state index in [1.807, 2.05) is 0 Å². The van der Waals surface area contributed by atoms with Crippen molar-refractivity contribution in [3.8, 4) is 0 Å². The SMILES string of the molecule is Cc1nn(C(=O)Cn2cc(NC(=O)C3CCC3)nn2)c(C)c1N. The van der Waals surface area contributed by atoms with E-state index in [0.29, 0.717) is 22.9 Å². The zero-order valence-electron chi connectivity index (χ0n) is 13.1. The number of anilines is 2. The monoisotopic (exact) mass is 317 g/mol. The fraction of sp³-hybridized carbons (Fsp3) is 0.500. The van der Waals surface area contributed by atoms with Crippen LogP contribution in [0.5, 0.6) is 0 Å². The first-order valence-corrected chi connectivity index (χ1v) is 7.51. The number of amides is 1. The van der Waals surface area contributed by atoms with Gasteiger partial charge in [-0.2, -0.15) is 5.10 Å². The number of rotatable bonds is 4. The molecule has 2 heterocycles. The third-order valence-corrected chi connectivity index (χ3v) is 4.15. The molecule has 0 unspecified atom stereocenters. The van der Waals surface area contributed by atoms with Gasteiger partial charge < -0.3 is 11.1 Å². The van der Waals surface area contributed by atoms with Crippen molar-refractivity contribution in [1.29, 1.82) is 0 Å². The zero-order valence-corrected chi connectivity index (χ0v) is 13.1. The van der Waals surface area contributed by atoms with Gasteiger partial charge in [0.05, 0.1) is 23.3 Å². The normalized spacial score (nSPS) is 14.5. The van der Waals surface area contributed by atoms with Crippen LogP contribution in [0.15, 0.2) is 6.20 Å². The number of nitrogen functional groups attached to an aromatic ring is 1. The predicted octanol–water partition coefficient (Wildman–Crippen LogP) is 0.753. The lowest BCUT2D eigenvalue weighted by atomic mass is 9.85. The van der Waals surface area contributed by atoms with Gasteiger partial charge in [0, 0.05) is 5.92 Å². The molecule has 0 bridgehead atoms. The molecule has 23 heavy (non-hydrogen) atoms. The second kappa shape index (κ2) is 5.82. The summed E-state index contributed by atoms with van der Waals surface area (Å²) in [6, 6.07) is 0. The van der Waals surface area contributed by atoms with Crippen LogP contribution >= 0.6 is 0 Å². The number of hydrogen-bond donors (Lipinski definition) is 2. The largest absolute Gasteiger partial charge is 0.396 e. The van der Waals surface area contributed by atoms with Crippen LogP contribution < -0.4 is 11.1 Å². The molecule has 9 nitrogen and oxygen atoms in total. The topological polar surface area (TPSA) is 121 Å². The second-order valence-electron chi connectivity index (χ2n) is 5.81. The van der Waals surface area contributed by atoms with Crippen LogP contribution in [0.25, 0.3) is 0 Å². The molecule has 1 aliphatic carbocycles. The Balaban J connectivity index is 1.65. The van der Waals surface area contributed by atoms with Crippen LogP contribution in [0.1, 0.15) is 35.4 Å². The predicted molar refractivity (Wildman–Crippen MR) is 82.7 cm³/mol. The van der Waals surface area contributed by atoms with Gasteiger partial charge in [-0.05, 0) is 26.7 Å². The van der Waals surface area contributed by atoms with Crippen molar-refractivity contribution in [1.82, 2.24) is 24.8 Å². The molecular weight excluding hydrogens is 298 g/mol. The summed E-state index contributed by atoms with van der Waals surface area (Å²) in [5.41, 5.74) is 7.54. The first kappa shape index (κ1) is 15.2. The van der Waals surface area contributed by atoms with Crippen molar-refractivity contribution >= 4 is 23.3 Å². The molecule has 122 valence electrons. The van der Waals surface area contributed by atoms with Gasteiger partial charge in [-0.1, -0.05) is 11.6 Å². The van der Waals surface area contributed by atoms with Gasteiger partial charge in [0.25, 0.3) is 5.91 Å².